The van der Waals surface area contributed by atoms with Gasteiger partial charge in [0, 0.05) is 6.07 Å². The van der Waals surface area contributed by atoms with Crippen molar-refractivity contribution in [3.8, 4) is 0 Å². The highest BCUT2D eigenvalue weighted by molar-refractivity contribution is 7.92. The van der Waals surface area contributed by atoms with Gasteiger partial charge < -0.3 is 0 Å². The molecule has 2 aromatic rings. The number of halogens is 4. The molecule has 0 saturated carbocycles. The van der Waals surface area contributed by atoms with Crippen LogP contribution >= 0.6 is 11.6 Å². The van der Waals surface area contributed by atoms with Crippen molar-refractivity contribution in [2.24, 2.45) is 0 Å². The molecule has 0 aliphatic heterocycles. The highest BCUT2D eigenvalue weighted by Crippen LogP contribution is 2.29. The molecule has 0 aromatic heterocycles. The van der Waals surface area contributed by atoms with Gasteiger partial charge in [-0.2, -0.15) is 0 Å². The average Bonchev–Trinajstić information content (AvgIpc) is 2.34. The Morgan fingerprint density at radius 3 is 2.25 bits per heavy atom. The van der Waals surface area contributed by atoms with Gasteiger partial charge in [0.25, 0.3) is 10.0 Å². The second-order valence-corrected chi connectivity index (χ2v) is 5.84. The first-order valence-corrected chi connectivity index (χ1v) is 7.09. The van der Waals surface area contributed by atoms with Gasteiger partial charge in [0.1, 0.15) is 22.2 Å². The van der Waals surface area contributed by atoms with Crippen LogP contribution in [0, 0.1) is 17.5 Å². The van der Waals surface area contributed by atoms with Crippen LogP contribution < -0.4 is 4.72 Å². The van der Waals surface area contributed by atoms with Gasteiger partial charge in [-0.25, -0.2) is 21.6 Å². The zero-order valence-electron chi connectivity index (χ0n) is 9.70. The summed E-state index contributed by atoms with van der Waals surface area (Å²) in [7, 11) is -4.37. The summed E-state index contributed by atoms with van der Waals surface area (Å²) in [4.78, 5) is -0.667. The third-order valence-electron chi connectivity index (χ3n) is 2.37. The molecular weight excluding hydrogens is 315 g/mol. The van der Waals surface area contributed by atoms with E-state index in [-0.39, 0.29) is 0 Å². The lowest BCUT2D eigenvalue weighted by atomic mass is 10.3. The van der Waals surface area contributed by atoms with Gasteiger partial charge in [-0.05, 0) is 18.2 Å². The summed E-state index contributed by atoms with van der Waals surface area (Å²) < 4.78 is 65.5. The third-order valence-corrected chi connectivity index (χ3v) is 4.05. The predicted molar refractivity (Wildman–Crippen MR) is 68.6 cm³/mol. The average molecular weight is 322 g/mol. The van der Waals surface area contributed by atoms with Crippen LogP contribution in [-0.2, 0) is 10.0 Å². The van der Waals surface area contributed by atoms with E-state index < -0.39 is 43.1 Å². The smallest absolute Gasteiger partial charge is 0.264 e. The van der Waals surface area contributed by atoms with Crippen molar-refractivity contribution in [2.45, 2.75) is 4.90 Å². The molecule has 0 unspecified atom stereocenters. The summed E-state index contributed by atoms with van der Waals surface area (Å²) in [5.74, 6) is -3.16. The van der Waals surface area contributed by atoms with Crippen molar-refractivity contribution in [1.82, 2.24) is 0 Å². The summed E-state index contributed by atoms with van der Waals surface area (Å²) in [6, 6.07) is 5.76. The van der Waals surface area contributed by atoms with Gasteiger partial charge in [0.05, 0.1) is 5.02 Å². The Balaban J connectivity index is 2.47. The topological polar surface area (TPSA) is 46.2 Å². The number of sulfonamides is 1. The first-order chi connectivity index (χ1) is 9.31. The molecule has 0 heterocycles. The fraction of sp³-hybridized carbons (Fsp3) is 0. The standard InChI is InChI=1S/C12H7ClF3NO2S/c13-8-5-7(14)6-10(16)12(8)17-20(18,19)11-4-2-1-3-9(11)15/h1-6,17H. The molecule has 0 aliphatic carbocycles. The van der Waals surface area contributed by atoms with E-state index in [0.29, 0.717) is 6.07 Å². The largest absolute Gasteiger partial charge is 0.275 e. The van der Waals surface area contributed by atoms with E-state index in [1.165, 1.54) is 12.1 Å². The molecule has 0 amide bonds. The zero-order chi connectivity index (χ0) is 14.9. The lowest BCUT2D eigenvalue weighted by Crippen LogP contribution is -2.16. The SMILES string of the molecule is O=S(=O)(Nc1c(F)cc(F)cc1Cl)c1ccccc1F. The van der Waals surface area contributed by atoms with Crippen molar-refractivity contribution in [3.63, 3.8) is 0 Å². The van der Waals surface area contributed by atoms with E-state index in [4.69, 9.17) is 11.6 Å². The Labute approximate surface area is 118 Å². The molecule has 3 nitrogen and oxygen atoms in total. The van der Waals surface area contributed by atoms with Crippen molar-refractivity contribution < 1.29 is 21.6 Å². The molecule has 0 bridgehead atoms. The van der Waals surface area contributed by atoms with Gasteiger partial charge in [-0.3, -0.25) is 4.72 Å². The maximum Gasteiger partial charge on any atom is 0.264 e. The first-order valence-electron chi connectivity index (χ1n) is 5.23. The number of benzene rings is 2. The van der Waals surface area contributed by atoms with E-state index in [9.17, 15) is 21.6 Å². The molecule has 0 aliphatic rings. The first kappa shape index (κ1) is 14.7. The fourth-order valence-electron chi connectivity index (χ4n) is 1.49. The molecular formula is C12H7ClF3NO2S. The summed E-state index contributed by atoms with van der Waals surface area (Å²) in [6.07, 6.45) is 0. The maximum atomic E-state index is 13.5. The molecule has 2 rings (SSSR count). The minimum atomic E-state index is -4.37. The Morgan fingerprint density at radius 2 is 1.65 bits per heavy atom. The van der Waals surface area contributed by atoms with Crippen LogP contribution in [-0.4, -0.2) is 8.42 Å². The molecule has 8 heteroatoms. The van der Waals surface area contributed by atoms with Crippen molar-refractivity contribution >= 4 is 27.3 Å². The zero-order valence-corrected chi connectivity index (χ0v) is 11.3. The van der Waals surface area contributed by atoms with E-state index in [1.54, 1.807) is 4.72 Å². The summed E-state index contributed by atoms with van der Waals surface area (Å²) >= 11 is 5.57. The lowest BCUT2D eigenvalue weighted by Gasteiger charge is -2.11. The van der Waals surface area contributed by atoms with Crippen LogP contribution in [0.2, 0.25) is 5.02 Å². The molecule has 0 saturated heterocycles. The third kappa shape index (κ3) is 2.88. The number of hydrogen-bond donors (Lipinski definition) is 1. The molecule has 106 valence electrons. The number of anilines is 1. The van der Waals surface area contributed by atoms with Crippen LogP contribution in [0.3, 0.4) is 0 Å². The van der Waals surface area contributed by atoms with Gasteiger partial charge >= 0.3 is 0 Å². The normalized spacial score (nSPS) is 11.4. The van der Waals surface area contributed by atoms with Crippen LogP contribution in [0.15, 0.2) is 41.3 Å². The molecule has 0 radical (unpaired) electrons. The van der Waals surface area contributed by atoms with Crippen LogP contribution in [0.4, 0.5) is 18.9 Å². The van der Waals surface area contributed by atoms with E-state index in [2.05, 4.69) is 0 Å². The number of hydrogen-bond acceptors (Lipinski definition) is 2. The minimum absolute atomic E-state index is 0.463. The lowest BCUT2D eigenvalue weighted by molar-refractivity contribution is 0.567. The molecule has 2 aromatic carbocycles. The van der Waals surface area contributed by atoms with E-state index >= 15 is 0 Å². The minimum Gasteiger partial charge on any atom is -0.275 e. The van der Waals surface area contributed by atoms with E-state index in [1.807, 2.05) is 0 Å². The van der Waals surface area contributed by atoms with Crippen molar-refractivity contribution in [3.05, 3.63) is 58.9 Å². The molecule has 20 heavy (non-hydrogen) atoms. The van der Waals surface area contributed by atoms with Gasteiger partial charge in [-0.15, -0.1) is 0 Å². The Bertz CT molecular complexity index is 742. The van der Waals surface area contributed by atoms with Crippen LogP contribution in [0.25, 0.3) is 0 Å². The Morgan fingerprint density at radius 1 is 1.00 bits per heavy atom. The summed E-state index contributed by atoms with van der Waals surface area (Å²) in [5, 5.41) is -0.470. The van der Waals surface area contributed by atoms with Gasteiger partial charge in [0.15, 0.2) is 5.82 Å². The van der Waals surface area contributed by atoms with E-state index in [0.717, 1.165) is 18.2 Å². The number of nitrogens with one attached hydrogen (secondary N) is 1. The Kier molecular flexibility index (Phi) is 3.92. The molecule has 0 spiro atoms. The van der Waals surface area contributed by atoms with Crippen molar-refractivity contribution in [1.29, 1.82) is 0 Å². The fourth-order valence-corrected chi connectivity index (χ4v) is 2.96. The molecule has 0 atom stereocenters. The van der Waals surface area contributed by atoms with Crippen molar-refractivity contribution in [2.75, 3.05) is 4.72 Å². The second-order valence-electron chi connectivity index (χ2n) is 3.78. The highest BCUT2D eigenvalue weighted by Gasteiger charge is 2.22. The predicted octanol–water partition coefficient (Wildman–Crippen LogP) is 3.56. The quantitative estimate of drug-likeness (QED) is 0.939. The monoisotopic (exact) mass is 321 g/mol. The maximum absolute atomic E-state index is 13.5. The van der Waals surface area contributed by atoms with Crippen LogP contribution in [0.1, 0.15) is 0 Å². The van der Waals surface area contributed by atoms with Crippen LogP contribution in [0.5, 0.6) is 0 Å². The number of rotatable bonds is 3. The molecule has 0 fully saturated rings. The van der Waals surface area contributed by atoms with Gasteiger partial charge in [-0.1, -0.05) is 23.7 Å². The highest BCUT2D eigenvalue weighted by atomic mass is 35.5. The Hall–Kier alpha value is -1.73. The summed E-state index contributed by atoms with van der Waals surface area (Å²) in [5.41, 5.74) is -0.642. The van der Waals surface area contributed by atoms with Gasteiger partial charge in [0.2, 0.25) is 0 Å². The second kappa shape index (κ2) is 5.34. The molecule has 1 N–H and O–H groups in total. The summed E-state index contributed by atoms with van der Waals surface area (Å²) in [6.45, 7) is 0.